The lowest BCUT2D eigenvalue weighted by atomic mass is 10.2. The molecule has 0 unspecified atom stereocenters. The number of hydrogen-bond donors (Lipinski definition) is 3. The van der Waals surface area contributed by atoms with Crippen molar-refractivity contribution < 1.29 is 14.6 Å². The van der Waals surface area contributed by atoms with Crippen LogP contribution in [0.3, 0.4) is 0 Å². The Kier molecular flexibility index (Phi) is 4.44. The predicted molar refractivity (Wildman–Crippen MR) is 62.8 cm³/mol. The molecule has 0 saturated heterocycles. The number of anilines is 2. The summed E-state index contributed by atoms with van der Waals surface area (Å²) in [6.45, 7) is 2.46. The number of nitrogen functional groups attached to an aromatic ring is 1. The van der Waals surface area contributed by atoms with Crippen molar-refractivity contribution in [3.05, 3.63) is 18.2 Å². The number of nitrogens with one attached hydrogen (secondary N) is 1. The minimum absolute atomic E-state index is 0.128. The molecule has 16 heavy (non-hydrogen) atoms. The Hall–Kier alpha value is -1.91. The van der Waals surface area contributed by atoms with Gasteiger partial charge in [-0.05, 0) is 18.6 Å². The summed E-state index contributed by atoms with van der Waals surface area (Å²) in [5.41, 5.74) is 6.95. The topological polar surface area (TPSA) is 84.6 Å². The first-order valence-corrected chi connectivity index (χ1v) is 5.11. The molecule has 1 aromatic carbocycles. The van der Waals surface area contributed by atoms with Crippen molar-refractivity contribution in [3.8, 4) is 5.75 Å². The Morgan fingerprint density at radius 1 is 1.56 bits per heavy atom. The van der Waals surface area contributed by atoms with Crippen LogP contribution in [0.2, 0.25) is 0 Å². The molecule has 0 aliphatic carbocycles. The molecule has 1 rings (SSSR count). The van der Waals surface area contributed by atoms with Gasteiger partial charge in [-0.25, -0.2) is 0 Å². The van der Waals surface area contributed by atoms with Crippen LogP contribution < -0.4 is 15.8 Å². The van der Waals surface area contributed by atoms with E-state index in [1.165, 1.54) is 0 Å². The number of carboxylic acid groups (broad SMARTS) is 1. The monoisotopic (exact) mass is 224 g/mol. The molecule has 5 heteroatoms. The average Bonchev–Trinajstić information content (AvgIpc) is 2.26. The van der Waals surface area contributed by atoms with Crippen LogP contribution in [0.25, 0.3) is 0 Å². The van der Waals surface area contributed by atoms with E-state index in [2.05, 4.69) is 5.32 Å². The van der Waals surface area contributed by atoms with E-state index in [0.29, 0.717) is 23.7 Å². The smallest absolute Gasteiger partial charge is 0.322 e. The maximum absolute atomic E-state index is 10.4. The van der Waals surface area contributed by atoms with Crippen LogP contribution in [0.15, 0.2) is 18.2 Å². The van der Waals surface area contributed by atoms with E-state index >= 15 is 0 Å². The number of hydrogen-bond acceptors (Lipinski definition) is 4. The van der Waals surface area contributed by atoms with Gasteiger partial charge in [0, 0.05) is 11.8 Å². The summed E-state index contributed by atoms with van der Waals surface area (Å²) in [6.07, 6.45) is 0.895. The van der Waals surface area contributed by atoms with Crippen molar-refractivity contribution in [2.45, 2.75) is 13.3 Å². The van der Waals surface area contributed by atoms with Gasteiger partial charge >= 0.3 is 5.97 Å². The number of benzene rings is 1. The Balaban J connectivity index is 2.68. The fraction of sp³-hybridized carbons (Fsp3) is 0.364. The highest BCUT2D eigenvalue weighted by molar-refractivity contribution is 5.73. The Morgan fingerprint density at radius 2 is 2.31 bits per heavy atom. The van der Waals surface area contributed by atoms with Crippen LogP contribution in [-0.4, -0.2) is 24.2 Å². The minimum Gasteiger partial charge on any atom is -0.491 e. The summed E-state index contributed by atoms with van der Waals surface area (Å²) in [7, 11) is 0. The van der Waals surface area contributed by atoms with E-state index in [1.807, 2.05) is 6.92 Å². The molecule has 0 saturated carbocycles. The maximum Gasteiger partial charge on any atom is 0.322 e. The lowest BCUT2D eigenvalue weighted by Crippen LogP contribution is -2.12. The zero-order chi connectivity index (χ0) is 12.0. The lowest BCUT2D eigenvalue weighted by molar-refractivity contribution is -0.134. The molecule has 0 bridgehead atoms. The Bertz CT molecular complexity index is 366. The Labute approximate surface area is 94.2 Å². The van der Waals surface area contributed by atoms with E-state index in [0.717, 1.165) is 6.42 Å². The second kappa shape index (κ2) is 5.85. The van der Waals surface area contributed by atoms with E-state index in [9.17, 15) is 4.79 Å². The molecule has 0 aliphatic heterocycles. The van der Waals surface area contributed by atoms with Crippen LogP contribution in [0.1, 0.15) is 13.3 Å². The first-order chi connectivity index (χ1) is 7.63. The van der Waals surface area contributed by atoms with Crippen LogP contribution in [0.4, 0.5) is 11.4 Å². The molecule has 0 heterocycles. The van der Waals surface area contributed by atoms with Crippen molar-refractivity contribution >= 4 is 17.3 Å². The quantitative estimate of drug-likeness (QED) is 0.638. The standard InChI is InChI=1S/C11H16N2O3/c1-2-5-16-10-6-8(3-4-9(10)12)13-7-11(14)15/h3-4,6,13H,2,5,7,12H2,1H3,(H,14,15). The molecule has 0 fully saturated rings. The lowest BCUT2D eigenvalue weighted by Gasteiger charge is -2.10. The van der Waals surface area contributed by atoms with Gasteiger partial charge in [-0.15, -0.1) is 0 Å². The highest BCUT2D eigenvalue weighted by Gasteiger charge is 2.03. The van der Waals surface area contributed by atoms with Gasteiger partial charge in [0.1, 0.15) is 12.3 Å². The van der Waals surface area contributed by atoms with Gasteiger partial charge in [-0.1, -0.05) is 6.92 Å². The minimum atomic E-state index is -0.909. The molecule has 5 nitrogen and oxygen atoms in total. The van der Waals surface area contributed by atoms with Crippen LogP contribution in [0, 0.1) is 0 Å². The molecule has 0 radical (unpaired) electrons. The second-order valence-electron chi connectivity index (χ2n) is 3.35. The third kappa shape index (κ3) is 3.68. The maximum atomic E-state index is 10.4. The zero-order valence-electron chi connectivity index (χ0n) is 9.19. The van der Waals surface area contributed by atoms with Gasteiger partial charge in [-0.3, -0.25) is 4.79 Å². The third-order valence-corrected chi connectivity index (χ3v) is 1.92. The summed E-state index contributed by atoms with van der Waals surface area (Å²) >= 11 is 0. The van der Waals surface area contributed by atoms with Gasteiger partial charge in [-0.2, -0.15) is 0 Å². The third-order valence-electron chi connectivity index (χ3n) is 1.92. The van der Waals surface area contributed by atoms with Gasteiger partial charge in [0.25, 0.3) is 0 Å². The van der Waals surface area contributed by atoms with Gasteiger partial charge in [0.05, 0.1) is 12.3 Å². The summed E-state index contributed by atoms with van der Waals surface area (Å²) in [6, 6.07) is 5.11. The van der Waals surface area contributed by atoms with Crippen LogP contribution in [-0.2, 0) is 4.79 Å². The van der Waals surface area contributed by atoms with Crippen molar-refractivity contribution in [1.29, 1.82) is 0 Å². The molecule has 1 aromatic rings. The fourth-order valence-corrected chi connectivity index (χ4v) is 1.16. The number of ether oxygens (including phenoxy) is 1. The first-order valence-electron chi connectivity index (χ1n) is 5.11. The molecular formula is C11H16N2O3. The van der Waals surface area contributed by atoms with Crippen LogP contribution in [0.5, 0.6) is 5.75 Å². The fourth-order valence-electron chi connectivity index (χ4n) is 1.16. The van der Waals surface area contributed by atoms with Gasteiger partial charge < -0.3 is 20.9 Å². The summed E-state index contributed by atoms with van der Waals surface area (Å²) in [5.74, 6) is -0.329. The predicted octanol–water partition coefficient (Wildman–Crippen LogP) is 1.55. The second-order valence-corrected chi connectivity index (χ2v) is 3.35. The van der Waals surface area contributed by atoms with Crippen molar-refractivity contribution in [3.63, 3.8) is 0 Å². The largest absolute Gasteiger partial charge is 0.491 e. The van der Waals surface area contributed by atoms with Crippen molar-refractivity contribution in [1.82, 2.24) is 0 Å². The normalized spacial score (nSPS) is 9.81. The highest BCUT2D eigenvalue weighted by atomic mass is 16.5. The molecule has 4 N–H and O–H groups in total. The van der Waals surface area contributed by atoms with Gasteiger partial charge in [0.15, 0.2) is 0 Å². The highest BCUT2D eigenvalue weighted by Crippen LogP contribution is 2.25. The number of nitrogens with two attached hydrogens (primary N) is 1. The SMILES string of the molecule is CCCOc1cc(NCC(=O)O)ccc1N. The molecule has 0 atom stereocenters. The number of rotatable bonds is 6. The number of carboxylic acids is 1. The van der Waals surface area contributed by atoms with Crippen molar-refractivity contribution in [2.75, 3.05) is 24.2 Å². The number of aliphatic carboxylic acids is 1. The van der Waals surface area contributed by atoms with E-state index in [4.69, 9.17) is 15.6 Å². The van der Waals surface area contributed by atoms with E-state index < -0.39 is 5.97 Å². The number of carbonyl (C=O) groups is 1. The Morgan fingerprint density at radius 3 is 2.94 bits per heavy atom. The zero-order valence-corrected chi connectivity index (χ0v) is 9.19. The summed E-state index contributed by atoms with van der Waals surface area (Å²) in [5, 5.41) is 11.3. The van der Waals surface area contributed by atoms with Crippen molar-refractivity contribution in [2.24, 2.45) is 0 Å². The van der Waals surface area contributed by atoms with E-state index in [1.54, 1.807) is 18.2 Å². The molecule has 0 amide bonds. The van der Waals surface area contributed by atoms with Crippen LogP contribution >= 0.6 is 0 Å². The molecule has 88 valence electrons. The average molecular weight is 224 g/mol. The molecule has 0 spiro atoms. The summed E-state index contributed by atoms with van der Waals surface area (Å²) in [4.78, 5) is 10.4. The molecule has 0 aliphatic rings. The first kappa shape index (κ1) is 12.2. The molecular weight excluding hydrogens is 208 g/mol. The van der Waals surface area contributed by atoms with E-state index in [-0.39, 0.29) is 6.54 Å². The van der Waals surface area contributed by atoms with Gasteiger partial charge in [0.2, 0.25) is 0 Å². The summed E-state index contributed by atoms with van der Waals surface area (Å²) < 4.78 is 5.42. The molecule has 0 aromatic heterocycles.